The normalized spacial score (nSPS) is 11.5. The van der Waals surface area contributed by atoms with Crippen LogP contribution in [-0.4, -0.2) is 30.5 Å². The zero-order chi connectivity index (χ0) is 25.4. The summed E-state index contributed by atoms with van der Waals surface area (Å²) in [5.74, 6) is 1.35. The number of fused-ring (bicyclic) bond motifs is 1. The van der Waals surface area contributed by atoms with Gasteiger partial charge in [0, 0.05) is 10.9 Å². The van der Waals surface area contributed by atoms with E-state index in [2.05, 4.69) is 72.3 Å². The number of hydrogen-bond acceptors (Lipinski definition) is 6. The van der Waals surface area contributed by atoms with E-state index in [0.717, 1.165) is 36.0 Å². The van der Waals surface area contributed by atoms with Gasteiger partial charge in [-0.05, 0) is 35.8 Å². The SMILES string of the molecule is CCCC(SCCc1c(CO)oc2c(OCC(=O)OC)cccc12)(c1ccccc1)c1ccccc1. The first-order valence-electron chi connectivity index (χ1n) is 12.2. The molecule has 0 radical (unpaired) electrons. The maximum atomic E-state index is 11.6. The number of esters is 1. The van der Waals surface area contributed by atoms with Gasteiger partial charge in [0.25, 0.3) is 0 Å². The number of methoxy groups -OCH3 is 1. The number of carbonyl (C=O) groups excluding carboxylic acids is 1. The van der Waals surface area contributed by atoms with Gasteiger partial charge in [0.2, 0.25) is 0 Å². The average molecular weight is 505 g/mol. The minimum Gasteiger partial charge on any atom is -0.478 e. The van der Waals surface area contributed by atoms with Crippen molar-refractivity contribution in [2.45, 2.75) is 37.5 Å². The third-order valence-electron chi connectivity index (χ3n) is 6.37. The van der Waals surface area contributed by atoms with Gasteiger partial charge in [0.05, 0.1) is 11.9 Å². The van der Waals surface area contributed by atoms with Crippen molar-refractivity contribution in [3.05, 3.63) is 101 Å². The number of furan rings is 1. The fraction of sp³-hybridized carbons (Fsp3) is 0.300. The molecule has 1 aromatic heterocycles. The van der Waals surface area contributed by atoms with E-state index in [1.807, 2.05) is 23.9 Å². The third kappa shape index (κ3) is 5.45. The monoisotopic (exact) mass is 504 g/mol. The van der Waals surface area contributed by atoms with Crippen molar-refractivity contribution in [3.63, 3.8) is 0 Å². The Morgan fingerprint density at radius 3 is 2.22 bits per heavy atom. The highest BCUT2D eigenvalue weighted by molar-refractivity contribution is 8.00. The molecule has 0 unspecified atom stereocenters. The van der Waals surface area contributed by atoms with Crippen molar-refractivity contribution >= 4 is 28.7 Å². The van der Waals surface area contributed by atoms with Crippen LogP contribution in [0.2, 0.25) is 0 Å². The van der Waals surface area contributed by atoms with Crippen LogP contribution in [0.3, 0.4) is 0 Å². The van der Waals surface area contributed by atoms with Crippen LogP contribution in [0, 0.1) is 0 Å². The van der Waals surface area contributed by atoms with Gasteiger partial charge in [-0.3, -0.25) is 0 Å². The molecule has 4 rings (SSSR count). The first-order valence-corrected chi connectivity index (χ1v) is 13.2. The van der Waals surface area contributed by atoms with Crippen molar-refractivity contribution in [3.8, 4) is 5.75 Å². The predicted octanol–water partition coefficient (Wildman–Crippen LogP) is 6.50. The Bertz CT molecular complexity index is 1230. The molecule has 0 aliphatic carbocycles. The lowest BCUT2D eigenvalue weighted by Gasteiger charge is -2.35. The molecule has 0 amide bonds. The number of benzene rings is 3. The summed E-state index contributed by atoms with van der Waals surface area (Å²) in [5.41, 5.74) is 4.09. The van der Waals surface area contributed by atoms with Crippen LogP contribution in [0.1, 0.15) is 42.2 Å². The maximum Gasteiger partial charge on any atom is 0.343 e. The molecule has 36 heavy (non-hydrogen) atoms. The molecule has 0 saturated carbocycles. The van der Waals surface area contributed by atoms with Crippen LogP contribution in [0.25, 0.3) is 11.0 Å². The summed E-state index contributed by atoms with van der Waals surface area (Å²) < 4.78 is 16.1. The molecule has 6 heteroatoms. The van der Waals surface area contributed by atoms with E-state index in [1.54, 1.807) is 6.07 Å². The second kappa shape index (κ2) is 12.2. The van der Waals surface area contributed by atoms with Crippen molar-refractivity contribution < 1.29 is 23.8 Å². The first kappa shape index (κ1) is 25.9. The molecule has 0 atom stereocenters. The van der Waals surface area contributed by atoms with E-state index in [9.17, 15) is 9.90 Å². The fourth-order valence-electron chi connectivity index (χ4n) is 4.69. The number of para-hydroxylation sites is 1. The third-order valence-corrected chi connectivity index (χ3v) is 7.94. The topological polar surface area (TPSA) is 68.9 Å². The summed E-state index contributed by atoms with van der Waals surface area (Å²) in [7, 11) is 1.32. The second-order valence-corrected chi connectivity index (χ2v) is 9.96. The zero-order valence-corrected chi connectivity index (χ0v) is 21.6. The van der Waals surface area contributed by atoms with Gasteiger partial charge in [0.1, 0.15) is 12.4 Å². The molecule has 0 fully saturated rings. The van der Waals surface area contributed by atoms with E-state index in [4.69, 9.17) is 9.15 Å². The van der Waals surface area contributed by atoms with Gasteiger partial charge in [-0.2, -0.15) is 0 Å². The molecular formula is C30H32O5S. The van der Waals surface area contributed by atoms with Crippen LogP contribution in [-0.2, 0) is 27.3 Å². The number of ether oxygens (including phenoxy) is 2. The summed E-state index contributed by atoms with van der Waals surface area (Å²) in [6.07, 6.45) is 2.78. The van der Waals surface area contributed by atoms with E-state index in [1.165, 1.54) is 18.2 Å². The Kier molecular flexibility index (Phi) is 8.73. The largest absolute Gasteiger partial charge is 0.478 e. The molecule has 0 saturated heterocycles. The summed E-state index contributed by atoms with van der Waals surface area (Å²) >= 11 is 1.93. The van der Waals surface area contributed by atoms with Gasteiger partial charge in [0.15, 0.2) is 17.9 Å². The molecular weight excluding hydrogens is 472 g/mol. The summed E-state index contributed by atoms with van der Waals surface area (Å²) in [5, 5.41) is 10.9. The standard InChI is InChI=1S/C30H32O5S/c1-3-18-30(22-11-6-4-7-12-22,23-13-8-5-9-14-23)36-19-17-24-25-15-10-16-26(34-21-28(32)33-2)29(25)35-27(24)20-31/h4-16,31H,3,17-21H2,1-2H3. The smallest absolute Gasteiger partial charge is 0.343 e. The molecule has 3 aromatic carbocycles. The lowest BCUT2D eigenvalue weighted by molar-refractivity contribution is -0.142. The second-order valence-electron chi connectivity index (χ2n) is 8.57. The van der Waals surface area contributed by atoms with Crippen LogP contribution in [0.4, 0.5) is 0 Å². The predicted molar refractivity (Wildman–Crippen MR) is 144 cm³/mol. The Balaban J connectivity index is 1.64. The Labute approximate surface area is 216 Å². The quantitative estimate of drug-likeness (QED) is 0.222. The molecule has 4 aromatic rings. The highest BCUT2D eigenvalue weighted by Crippen LogP contribution is 2.47. The van der Waals surface area contributed by atoms with Gasteiger partial charge >= 0.3 is 5.97 Å². The molecule has 188 valence electrons. The molecule has 0 bridgehead atoms. The highest BCUT2D eigenvalue weighted by atomic mass is 32.2. The fourth-order valence-corrected chi connectivity index (χ4v) is 6.30. The first-order chi connectivity index (χ1) is 17.6. The zero-order valence-electron chi connectivity index (χ0n) is 20.7. The average Bonchev–Trinajstić information content (AvgIpc) is 3.30. The minimum absolute atomic E-state index is 0.176. The number of thioether (sulfide) groups is 1. The highest BCUT2D eigenvalue weighted by Gasteiger charge is 2.34. The van der Waals surface area contributed by atoms with E-state index in [-0.39, 0.29) is 18.0 Å². The molecule has 1 heterocycles. The molecule has 0 aliphatic rings. The molecule has 1 N–H and O–H groups in total. The van der Waals surface area contributed by atoms with Gasteiger partial charge in [-0.25, -0.2) is 4.79 Å². The number of hydrogen-bond donors (Lipinski definition) is 1. The number of aliphatic hydroxyl groups is 1. The van der Waals surface area contributed by atoms with Crippen molar-refractivity contribution in [2.24, 2.45) is 0 Å². The summed E-state index contributed by atoms with van der Waals surface area (Å²) in [4.78, 5) is 11.6. The number of aliphatic hydroxyl groups excluding tert-OH is 1. The Morgan fingerprint density at radius 2 is 1.64 bits per heavy atom. The van der Waals surface area contributed by atoms with E-state index in [0.29, 0.717) is 17.1 Å². The minimum atomic E-state index is -0.466. The maximum absolute atomic E-state index is 11.6. The molecule has 5 nitrogen and oxygen atoms in total. The van der Waals surface area contributed by atoms with E-state index >= 15 is 0 Å². The van der Waals surface area contributed by atoms with Crippen LogP contribution in [0.15, 0.2) is 83.3 Å². The summed E-state index contributed by atoms with van der Waals surface area (Å²) in [6, 6.07) is 27.0. The number of carbonyl (C=O) groups is 1. The van der Waals surface area contributed by atoms with Crippen molar-refractivity contribution in [1.29, 1.82) is 0 Å². The molecule has 0 spiro atoms. The Hall–Kier alpha value is -3.22. The number of rotatable bonds is 12. The van der Waals surface area contributed by atoms with Crippen LogP contribution >= 0.6 is 11.8 Å². The van der Waals surface area contributed by atoms with Gasteiger partial charge < -0.3 is 19.0 Å². The molecule has 0 aliphatic heterocycles. The summed E-state index contributed by atoms with van der Waals surface area (Å²) in [6.45, 7) is 1.82. The van der Waals surface area contributed by atoms with Gasteiger partial charge in [-0.1, -0.05) is 86.1 Å². The van der Waals surface area contributed by atoms with Gasteiger partial charge in [-0.15, -0.1) is 11.8 Å². The van der Waals surface area contributed by atoms with Crippen LogP contribution < -0.4 is 4.74 Å². The number of aryl methyl sites for hydroxylation is 1. The Morgan fingerprint density at radius 1 is 0.972 bits per heavy atom. The van der Waals surface area contributed by atoms with Crippen LogP contribution in [0.5, 0.6) is 5.75 Å². The van der Waals surface area contributed by atoms with Crippen molar-refractivity contribution in [2.75, 3.05) is 19.5 Å². The van der Waals surface area contributed by atoms with E-state index < -0.39 is 5.97 Å². The lowest BCUT2D eigenvalue weighted by Crippen LogP contribution is -2.24. The van der Waals surface area contributed by atoms with Crippen molar-refractivity contribution in [1.82, 2.24) is 0 Å². The lowest BCUT2D eigenvalue weighted by atomic mass is 9.86.